The summed E-state index contributed by atoms with van der Waals surface area (Å²) in [4.78, 5) is 0. The summed E-state index contributed by atoms with van der Waals surface area (Å²) in [6.07, 6.45) is 0. The van der Waals surface area contributed by atoms with E-state index >= 15 is 0 Å². The summed E-state index contributed by atoms with van der Waals surface area (Å²) in [5.41, 5.74) is 6.23. The summed E-state index contributed by atoms with van der Waals surface area (Å²) < 4.78 is 0. The molecule has 0 radical (unpaired) electrons. The van der Waals surface area contributed by atoms with Crippen molar-refractivity contribution in [3.8, 4) is 0 Å². The van der Waals surface area contributed by atoms with Crippen LogP contribution in [0.15, 0.2) is 0 Å². The van der Waals surface area contributed by atoms with Gasteiger partial charge in [0.25, 0.3) is 0 Å². The number of rotatable bonds is 0. The van der Waals surface area contributed by atoms with Crippen molar-refractivity contribution in [2.45, 2.75) is 26.3 Å². The molecule has 0 spiro atoms. The fourth-order valence-electron chi connectivity index (χ4n) is 1.08. The highest BCUT2D eigenvalue weighted by molar-refractivity contribution is 5.02. The van der Waals surface area contributed by atoms with Gasteiger partial charge in [0.1, 0.15) is 0 Å². The van der Waals surface area contributed by atoms with Gasteiger partial charge in [-0.25, -0.2) is 0 Å². The Morgan fingerprint density at radius 1 is 1.22 bits per heavy atom. The van der Waals surface area contributed by atoms with E-state index in [1.807, 2.05) is 0 Å². The number of nitrogens with one attached hydrogen (secondary N) is 1. The van der Waals surface area contributed by atoms with Crippen molar-refractivity contribution in [3.05, 3.63) is 0 Å². The van der Waals surface area contributed by atoms with Gasteiger partial charge in [0.15, 0.2) is 0 Å². The third-order valence-corrected chi connectivity index (χ3v) is 2.61. The zero-order valence-corrected chi connectivity index (χ0v) is 6.49. The zero-order valence-electron chi connectivity index (χ0n) is 6.49. The van der Waals surface area contributed by atoms with E-state index in [0.29, 0.717) is 0 Å². The molecule has 0 bridgehead atoms. The third-order valence-electron chi connectivity index (χ3n) is 2.61. The molecule has 9 heavy (non-hydrogen) atoms. The molecule has 2 nitrogen and oxygen atoms in total. The molecule has 1 rings (SSSR count). The second kappa shape index (κ2) is 1.70. The Hall–Kier alpha value is -0.0800. The fraction of sp³-hybridized carbons (Fsp3) is 1.00. The highest BCUT2D eigenvalue weighted by atomic mass is 15.0. The van der Waals surface area contributed by atoms with Gasteiger partial charge in [-0.3, -0.25) is 0 Å². The molecule has 1 atom stereocenters. The molecule has 1 saturated heterocycles. The molecule has 1 heterocycles. The Bertz CT molecular complexity index is 102. The third kappa shape index (κ3) is 0.970. The van der Waals surface area contributed by atoms with E-state index < -0.39 is 0 Å². The molecule has 3 N–H and O–H groups in total. The normalized spacial score (nSPS) is 41.3. The first-order valence-corrected chi connectivity index (χ1v) is 3.45. The molecular weight excluding hydrogens is 112 g/mol. The van der Waals surface area contributed by atoms with Crippen LogP contribution in [0.3, 0.4) is 0 Å². The van der Waals surface area contributed by atoms with Gasteiger partial charge in [0, 0.05) is 18.6 Å². The Morgan fingerprint density at radius 3 is 1.89 bits per heavy atom. The SMILES string of the molecule is CC1(C)CNC[C@@]1(C)N. The van der Waals surface area contributed by atoms with E-state index in [2.05, 4.69) is 26.1 Å². The molecule has 1 aliphatic rings. The van der Waals surface area contributed by atoms with Crippen molar-refractivity contribution in [1.82, 2.24) is 5.32 Å². The number of hydrogen-bond acceptors (Lipinski definition) is 2. The second-order valence-corrected chi connectivity index (χ2v) is 3.90. The average molecular weight is 128 g/mol. The van der Waals surface area contributed by atoms with Crippen LogP contribution < -0.4 is 11.1 Å². The summed E-state index contributed by atoms with van der Waals surface area (Å²) in [5.74, 6) is 0. The quantitative estimate of drug-likeness (QED) is 0.493. The maximum atomic E-state index is 5.99. The summed E-state index contributed by atoms with van der Waals surface area (Å²) >= 11 is 0. The van der Waals surface area contributed by atoms with E-state index in [-0.39, 0.29) is 11.0 Å². The van der Waals surface area contributed by atoms with Crippen LogP contribution in [-0.2, 0) is 0 Å². The number of hydrogen-bond donors (Lipinski definition) is 2. The summed E-state index contributed by atoms with van der Waals surface area (Å²) in [6.45, 7) is 8.49. The minimum Gasteiger partial charge on any atom is -0.324 e. The molecule has 1 fully saturated rings. The van der Waals surface area contributed by atoms with Crippen molar-refractivity contribution in [1.29, 1.82) is 0 Å². The lowest BCUT2D eigenvalue weighted by molar-refractivity contribution is 0.257. The molecule has 2 heteroatoms. The molecule has 0 aromatic carbocycles. The maximum absolute atomic E-state index is 5.99. The van der Waals surface area contributed by atoms with Crippen LogP contribution in [0.1, 0.15) is 20.8 Å². The minimum atomic E-state index is -0.0208. The topological polar surface area (TPSA) is 38.0 Å². The molecule has 0 unspecified atom stereocenters. The summed E-state index contributed by atoms with van der Waals surface area (Å²) in [6, 6.07) is 0. The van der Waals surface area contributed by atoms with Gasteiger partial charge in [-0.2, -0.15) is 0 Å². The molecule has 0 aromatic heterocycles. The van der Waals surface area contributed by atoms with Crippen LogP contribution in [0.5, 0.6) is 0 Å². The van der Waals surface area contributed by atoms with Crippen molar-refractivity contribution in [2.75, 3.05) is 13.1 Å². The van der Waals surface area contributed by atoms with Gasteiger partial charge in [-0.05, 0) is 12.3 Å². The largest absolute Gasteiger partial charge is 0.324 e. The van der Waals surface area contributed by atoms with E-state index in [0.717, 1.165) is 13.1 Å². The van der Waals surface area contributed by atoms with E-state index in [1.54, 1.807) is 0 Å². The van der Waals surface area contributed by atoms with Gasteiger partial charge < -0.3 is 11.1 Å². The lowest BCUT2D eigenvalue weighted by Crippen LogP contribution is -2.49. The predicted molar refractivity (Wildman–Crippen MR) is 39.2 cm³/mol. The Balaban J connectivity index is 2.75. The Labute approximate surface area is 56.8 Å². The van der Waals surface area contributed by atoms with Gasteiger partial charge in [0.05, 0.1) is 0 Å². The van der Waals surface area contributed by atoms with Crippen LogP contribution in [-0.4, -0.2) is 18.6 Å². The summed E-state index contributed by atoms with van der Waals surface area (Å²) in [5, 5.41) is 3.28. The first-order chi connectivity index (χ1) is 3.96. The minimum absolute atomic E-state index is 0.0208. The summed E-state index contributed by atoms with van der Waals surface area (Å²) in [7, 11) is 0. The highest BCUT2D eigenvalue weighted by Gasteiger charge is 2.41. The first kappa shape index (κ1) is 7.03. The van der Waals surface area contributed by atoms with Crippen molar-refractivity contribution >= 4 is 0 Å². The van der Waals surface area contributed by atoms with Gasteiger partial charge >= 0.3 is 0 Å². The average Bonchev–Trinajstić information content (AvgIpc) is 1.81. The van der Waals surface area contributed by atoms with Gasteiger partial charge in [0.2, 0.25) is 0 Å². The highest BCUT2D eigenvalue weighted by Crippen LogP contribution is 2.31. The Morgan fingerprint density at radius 2 is 1.78 bits per heavy atom. The molecule has 0 amide bonds. The molecule has 54 valence electrons. The van der Waals surface area contributed by atoms with E-state index in [9.17, 15) is 0 Å². The van der Waals surface area contributed by atoms with Crippen LogP contribution in [0, 0.1) is 5.41 Å². The Kier molecular flexibility index (Phi) is 1.33. The van der Waals surface area contributed by atoms with E-state index in [1.165, 1.54) is 0 Å². The van der Waals surface area contributed by atoms with Gasteiger partial charge in [-0.15, -0.1) is 0 Å². The number of nitrogens with two attached hydrogens (primary N) is 1. The lowest BCUT2D eigenvalue weighted by Gasteiger charge is -2.32. The monoisotopic (exact) mass is 128 g/mol. The predicted octanol–water partition coefficient (Wildman–Crippen LogP) is 0.333. The van der Waals surface area contributed by atoms with Crippen LogP contribution in [0.4, 0.5) is 0 Å². The fourth-order valence-corrected chi connectivity index (χ4v) is 1.08. The van der Waals surface area contributed by atoms with Crippen molar-refractivity contribution in [2.24, 2.45) is 11.1 Å². The maximum Gasteiger partial charge on any atom is 0.0316 e. The molecular formula is C7H16N2. The van der Waals surface area contributed by atoms with Crippen molar-refractivity contribution < 1.29 is 0 Å². The lowest BCUT2D eigenvalue weighted by atomic mass is 9.77. The van der Waals surface area contributed by atoms with Crippen LogP contribution in [0.25, 0.3) is 0 Å². The van der Waals surface area contributed by atoms with Crippen molar-refractivity contribution in [3.63, 3.8) is 0 Å². The first-order valence-electron chi connectivity index (χ1n) is 3.45. The standard InChI is InChI=1S/C7H16N2/c1-6(2)4-9-5-7(6,3)8/h9H,4-5,8H2,1-3H3/t7-/m1/s1. The molecule has 0 saturated carbocycles. The van der Waals surface area contributed by atoms with E-state index in [4.69, 9.17) is 5.73 Å². The van der Waals surface area contributed by atoms with Gasteiger partial charge in [-0.1, -0.05) is 13.8 Å². The molecule has 1 aliphatic heterocycles. The second-order valence-electron chi connectivity index (χ2n) is 3.90. The van der Waals surface area contributed by atoms with Crippen LogP contribution >= 0.6 is 0 Å². The zero-order chi connectivity index (χ0) is 7.12. The van der Waals surface area contributed by atoms with Crippen LogP contribution in [0.2, 0.25) is 0 Å². The molecule has 0 aliphatic carbocycles. The molecule has 0 aromatic rings. The smallest absolute Gasteiger partial charge is 0.0316 e.